The zero-order valence-corrected chi connectivity index (χ0v) is 32.2. The van der Waals surface area contributed by atoms with E-state index in [1.807, 2.05) is 0 Å². The van der Waals surface area contributed by atoms with E-state index in [9.17, 15) is 22.8 Å². The van der Waals surface area contributed by atoms with E-state index < -0.39 is 50.7 Å². The van der Waals surface area contributed by atoms with Gasteiger partial charge in [0.1, 0.15) is 28.5 Å². The van der Waals surface area contributed by atoms with Crippen molar-refractivity contribution in [1.82, 2.24) is 19.7 Å². The van der Waals surface area contributed by atoms with E-state index in [-0.39, 0.29) is 45.1 Å². The Morgan fingerprint density at radius 1 is 0.849 bits per heavy atom. The number of pyridine rings is 2. The van der Waals surface area contributed by atoms with E-state index in [0.29, 0.717) is 28.3 Å². The Morgan fingerprint density at radius 3 is 2.08 bits per heavy atom. The van der Waals surface area contributed by atoms with Gasteiger partial charge in [0.2, 0.25) is 0 Å². The summed E-state index contributed by atoms with van der Waals surface area (Å²) in [5.74, 6) is -0.422. The number of ether oxygens (including phenoxy) is 3. The van der Waals surface area contributed by atoms with Crippen molar-refractivity contribution in [1.29, 1.82) is 0 Å². The van der Waals surface area contributed by atoms with Crippen molar-refractivity contribution in [3.05, 3.63) is 53.9 Å². The number of hydrogen-bond donors (Lipinski definition) is 2. The third kappa shape index (κ3) is 9.38. The van der Waals surface area contributed by atoms with Crippen LogP contribution >= 0.6 is 0 Å². The van der Waals surface area contributed by atoms with Gasteiger partial charge in [-0.05, 0) is 92.3 Å². The van der Waals surface area contributed by atoms with Gasteiger partial charge in [-0.1, -0.05) is 0 Å². The molecule has 0 bridgehead atoms. The normalized spacial score (nSPS) is 14.2. The first-order valence-corrected chi connectivity index (χ1v) is 18.6. The topological polar surface area (TPSA) is 184 Å². The third-order valence-corrected chi connectivity index (χ3v) is 9.03. The highest BCUT2D eigenvalue weighted by Crippen LogP contribution is 2.39. The molecule has 15 nitrogen and oxygen atoms in total. The predicted octanol–water partition coefficient (Wildman–Crippen LogP) is 7.64. The van der Waals surface area contributed by atoms with Gasteiger partial charge in [-0.15, -0.1) is 0 Å². The number of carbonyl (C=O) groups is 3. The lowest BCUT2D eigenvalue weighted by Crippen LogP contribution is -2.44. The van der Waals surface area contributed by atoms with Crippen molar-refractivity contribution >= 4 is 61.9 Å². The number of rotatable bonds is 5. The fourth-order valence-corrected chi connectivity index (χ4v) is 6.68. The number of carbonyl (C=O) groups excluding carboxylic acids is 3. The van der Waals surface area contributed by atoms with E-state index in [4.69, 9.17) is 14.2 Å². The molecule has 3 aromatic heterocycles. The maximum atomic E-state index is 16.8. The fraction of sp³-hybridized carbons (Fsp3) is 0.444. The highest BCUT2D eigenvalue weighted by molar-refractivity contribution is 7.90. The second-order valence-corrected chi connectivity index (χ2v) is 17.8. The van der Waals surface area contributed by atoms with Crippen molar-refractivity contribution in [2.24, 2.45) is 0 Å². The molecule has 4 aromatic rings. The van der Waals surface area contributed by atoms with Crippen molar-refractivity contribution in [3.63, 3.8) is 0 Å². The summed E-state index contributed by atoms with van der Waals surface area (Å²) < 4.78 is 59.0. The molecule has 0 radical (unpaired) electrons. The smallest absolute Gasteiger partial charge is 0.424 e. The first-order chi connectivity index (χ1) is 24.4. The highest BCUT2D eigenvalue weighted by atomic mass is 32.2. The second-order valence-electron chi connectivity index (χ2n) is 15.6. The summed E-state index contributed by atoms with van der Waals surface area (Å²) in [6.07, 6.45) is 1.35. The van der Waals surface area contributed by atoms with Crippen molar-refractivity contribution < 1.29 is 41.4 Å². The van der Waals surface area contributed by atoms with Crippen LogP contribution in [0.4, 0.5) is 41.8 Å². The second kappa shape index (κ2) is 13.9. The van der Waals surface area contributed by atoms with Gasteiger partial charge in [-0.3, -0.25) is 15.0 Å². The van der Waals surface area contributed by atoms with Crippen LogP contribution in [0.1, 0.15) is 73.6 Å². The lowest BCUT2D eigenvalue weighted by Gasteiger charge is -2.29. The number of hydrogen-bond acceptors (Lipinski definition) is 12. The Kier molecular flexibility index (Phi) is 10.2. The van der Waals surface area contributed by atoms with Gasteiger partial charge >= 0.3 is 18.3 Å². The summed E-state index contributed by atoms with van der Waals surface area (Å²) in [4.78, 5) is 49.4. The maximum absolute atomic E-state index is 16.8. The maximum Gasteiger partial charge on any atom is 0.424 e. The van der Waals surface area contributed by atoms with Gasteiger partial charge < -0.3 is 19.5 Å². The first kappa shape index (κ1) is 38.9. The predicted molar refractivity (Wildman–Crippen MR) is 197 cm³/mol. The largest absolute Gasteiger partial charge is 0.444 e. The molecule has 0 saturated carbocycles. The van der Waals surface area contributed by atoms with E-state index in [1.165, 1.54) is 29.3 Å². The van der Waals surface area contributed by atoms with Crippen LogP contribution < -0.4 is 15.5 Å². The molecule has 0 spiro atoms. The van der Waals surface area contributed by atoms with Gasteiger partial charge in [-0.2, -0.15) is 10.00 Å². The minimum atomic E-state index is -3.27. The third-order valence-electron chi connectivity index (χ3n) is 7.57. The lowest BCUT2D eigenvalue weighted by molar-refractivity contribution is 0.0429. The Bertz CT molecular complexity index is 2190. The molecular formula is C36H44FN7O8S. The molecule has 284 valence electrons. The van der Waals surface area contributed by atoms with Crippen molar-refractivity contribution in [3.8, 4) is 11.1 Å². The number of aryl methyl sites for hydroxylation is 1. The first-order valence-electron chi connectivity index (χ1n) is 16.8. The van der Waals surface area contributed by atoms with Crippen LogP contribution in [0.5, 0.6) is 0 Å². The van der Waals surface area contributed by atoms with E-state index in [1.54, 1.807) is 81.4 Å². The molecule has 1 aromatic carbocycles. The molecule has 2 N–H and O–H groups in total. The summed E-state index contributed by atoms with van der Waals surface area (Å²) in [5.41, 5.74) is -1.95. The Hall–Kier alpha value is -5.32. The number of nitrogens with one attached hydrogen (secondary N) is 2. The molecular weight excluding hydrogens is 710 g/mol. The number of anilines is 4. The molecule has 5 rings (SSSR count). The monoisotopic (exact) mass is 753 g/mol. The number of halogens is 1. The molecule has 0 atom stereocenters. The van der Waals surface area contributed by atoms with Crippen LogP contribution in [0, 0.1) is 12.7 Å². The van der Waals surface area contributed by atoms with Gasteiger partial charge in [-0.25, -0.2) is 32.2 Å². The van der Waals surface area contributed by atoms with E-state index in [0.717, 1.165) is 5.69 Å². The van der Waals surface area contributed by atoms with Crippen molar-refractivity contribution in [2.45, 2.75) is 98.3 Å². The van der Waals surface area contributed by atoms with Crippen LogP contribution in [-0.2, 0) is 36.3 Å². The van der Waals surface area contributed by atoms with Gasteiger partial charge in [0.25, 0.3) is 0 Å². The number of benzene rings is 1. The lowest BCUT2D eigenvalue weighted by atomic mass is 9.97. The molecule has 53 heavy (non-hydrogen) atoms. The average Bonchev–Trinajstić information content (AvgIpc) is 3.37. The molecule has 1 aliphatic rings. The number of nitrogens with zero attached hydrogens (tertiary/aromatic N) is 5. The number of sulfone groups is 1. The molecule has 3 amide bonds. The molecule has 4 heterocycles. The summed E-state index contributed by atoms with van der Waals surface area (Å²) in [6.45, 7) is 16.5. The van der Waals surface area contributed by atoms with Crippen LogP contribution in [0.25, 0.3) is 21.9 Å². The molecule has 0 fully saturated rings. The van der Waals surface area contributed by atoms with E-state index >= 15 is 4.39 Å². The van der Waals surface area contributed by atoms with Gasteiger partial charge in [0.15, 0.2) is 21.5 Å². The highest BCUT2D eigenvalue weighted by Gasteiger charge is 2.35. The summed E-state index contributed by atoms with van der Waals surface area (Å²) in [7, 11) is -3.27. The molecule has 0 aliphatic carbocycles. The SMILES string of the molecule is Cc1c(-c2cc3cc(Nc4cc5n(n4)CS(=O)(=O)CC5)ncc3c(NC(=O)OC(C)(C)C)c2F)cncc1N(C(=O)OC(C)(C)C)C(=O)OC(C)(C)C. The minimum Gasteiger partial charge on any atom is -0.444 e. The Labute approximate surface area is 307 Å². The molecule has 0 unspecified atom stereocenters. The number of aromatic nitrogens is 4. The summed E-state index contributed by atoms with van der Waals surface area (Å²) in [5, 5.41) is 10.6. The van der Waals surface area contributed by atoms with Crippen LogP contribution in [0.15, 0.2) is 36.8 Å². The zero-order valence-electron chi connectivity index (χ0n) is 31.4. The summed E-state index contributed by atoms with van der Waals surface area (Å²) >= 11 is 0. The molecule has 1 aliphatic heterocycles. The van der Waals surface area contributed by atoms with Gasteiger partial charge in [0, 0.05) is 47.1 Å². The standard InChI is InChI=1S/C36H44FN7O8S/c1-20-24(16-38-18-26(20)44(32(46)51-35(5,6)7)33(47)52-36(8,9)10)23-13-21-14-27(40-28-15-22-11-12-53(48,49)19-43(22)42-28)39-17-25(21)30(29(23)37)41-31(45)50-34(2,3)4/h13-18H,11-12,19H2,1-10H3,(H,41,45)(H,39,40,42). The number of imide groups is 1. The quantitative estimate of drug-likeness (QED) is 0.190. The average molecular weight is 754 g/mol. The van der Waals surface area contributed by atoms with Crippen molar-refractivity contribution in [2.75, 3.05) is 21.3 Å². The Morgan fingerprint density at radius 2 is 1.47 bits per heavy atom. The molecule has 0 saturated heterocycles. The fourth-order valence-electron chi connectivity index (χ4n) is 5.43. The van der Waals surface area contributed by atoms with Crippen LogP contribution in [0.2, 0.25) is 0 Å². The minimum absolute atomic E-state index is 0.0185. The molecule has 17 heteroatoms. The Balaban J connectivity index is 1.65. The van der Waals surface area contributed by atoms with Crippen LogP contribution in [0.3, 0.4) is 0 Å². The zero-order chi connectivity index (χ0) is 39.3. The van der Waals surface area contributed by atoms with E-state index in [2.05, 4.69) is 25.7 Å². The number of amides is 3. The summed E-state index contributed by atoms with van der Waals surface area (Å²) in [6, 6.07) is 4.85. The van der Waals surface area contributed by atoms with Crippen LogP contribution in [-0.4, -0.2) is 69.0 Å². The van der Waals surface area contributed by atoms with Gasteiger partial charge in [0.05, 0.1) is 23.3 Å². The number of fused-ring (bicyclic) bond motifs is 2.